The smallest absolute Gasteiger partial charge is 0.225 e. The maximum absolute atomic E-state index is 13.4. The van der Waals surface area contributed by atoms with Crippen molar-refractivity contribution in [2.45, 2.75) is 31.8 Å². The van der Waals surface area contributed by atoms with Crippen LogP contribution in [0.3, 0.4) is 0 Å². The van der Waals surface area contributed by atoms with Gasteiger partial charge in [0.2, 0.25) is 5.95 Å². The molecular formula is C23H27F2N5. The molecule has 0 radical (unpaired) electrons. The minimum Gasteiger partial charge on any atom is -0.362 e. The van der Waals surface area contributed by atoms with Crippen molar-refractivity contribution in [3.8, 4) is 0 Å². The zero-order chi connectivity index (χ0) is 21.1. The van der Waals surface area contributed by atoms with Gasteiger partial charge in [0.05, 0.1) is 5.52 Å². The number of fused-ring (bicyclic) bond motifs is 1. The number of para-hydroxylation sites is 1. The summed E-state index contributed by atoms with van der Waals surface area (Å²) < 4.78 is 26.4. The Bertz CT molecular complexity index is 1020. The molecule has 1 aliphatic carbocycles. The first-order chi connectivity index (χ1) is 14.5. The Morgan fingerprint density at radius 3 is 2.67 bits per heavy atom. The van der Waals surface area contributed by atoms with E-state index in [0.717, 1.165) is 48.1 Å². The van der Waals surface area contributed by atoms with Gasteiger partial charge in [-0.3, -0.25) is 0 Å². The Balaban J connectivity index is 1.32. The second-order valence-electron chi connectivity index (χ2n) is 8.17. The van der Waals surface area contributed by atoms with Crippen LogP contribution in [0.4, 0.5) is 20.5 Å². The Labute approximate surface area is 175 Å². The van der Waals surface area contributed by atoms with E-state index in [9.17, 15) is 8.78 Å². The molecule has 2 aromatic carbocycles. The van der Waals surface area contributed by atoms with Gasteiger partial charge in [-0.15, -0.1) is 0 Å². The van der Waals surface area contributed by atoms with Crippen LogP contribution in [0.2, 0.25) is 0 Å². The molecule has 0 bridgehead atoms. The van der Waals surface area contributed by atoms with E-state index in [1.165, 1.54) is 12.1 Å². The largest absolute Gasteiger partial charge is 0.362 e. The van der Waals surface area contributed by atoms with Crippen LogP contribution in [-0.2, 0) is 6.54 Å². The van der Waals surface area contributed by atoms with Gasteiger partial charge in [0.25, 0.3) is 0 Å². The molecule has 0 unspecified atom stereocenters. The molecule has 0 amide bonds. The fourth-order valence-corrected chi connectivity index (χ4v) is 4.07. The monoisotopic (exact) mass is 411 g/mol. The van der Waals surface area contributed by atoms with Crippen LogP contribution < -0.4 is 15.5 Å². The lowest BCUT2D eigenvalue weighted by molar-refractivity contribution is 0.487. The maximum atomic E-state index is 13.4. The molecule has 4 rings (SSSR count). The summed E-state index contributed by atoms with van der Waals surface area (Å²) in [5, 5.41) is 7.92. The summed E-state index contributed by atoms with van der Waals surface area (Å²) in [5.41, 5.74) is 1.69. The number of nitrogens with one attached hydrogen (secondary N) is 2. The van der Waals surface area contributed by atoms with E-state index in [1.54, 1.807) is 6.07 Å². The highest BCUT2D eigenvalue weighted by molar-refractivity contribution is 5.90. The summed E-state index contributed by atoms with van der Waals surface area (Å²) in [7, 11) is 3.97. The Kier molecular flexibility index (Phi) is 6.08. The van der Waals surface area contributed by atoms with E-state index in [-0.39, 0.29) is 0 Å². The minimum atomic E-state index is -0.806. The number of benzene rings is 2. The number of halogens is 2. The normalized spacial score (nSPS) is 18.7. The molecule has 158 valence electrons. The second-order valence-corrected chi connectivity index (χ2v) is 8.17. The summed E-state index contributed by atoms with van der Waals surface area (Å²) in [4.78, 5) is 11.4. The third-order valence-corrected chi connectivity index (χ3v) is 5.68. The summed E-state index contributed by atoms with van der Waals surface area (Å²) in [6.07, 6.45) is 3.21. The molecule has 30 heavy (non-hydrogen) atoms. The molecule has 7 heteroatoms. The zero-order valence-electron chi connectivity index (χ0n) is 17.3. The standard InChI is InChI=1S/C23H27F2N5/c1-30(2)22-18-5-3-4-6-21(18)28-23(29-22)27-14-15-7-9-17(11-15)26-13-16-8-10-19(24)20(25)12-16/h3-6,8,10,12,15,17,26H,7,9,11,13-14H2,1-2H3,(H,27,28,29)/t15-,17+/m1/s1. The summed E-state index contributed by atoms with van der Waals surface area (Å²) >= 11 is 0. The molecule has 1 aliphatic rings. The molecule has 1 aromatic heterocycles. The predicted molar refractivity (Wildman–Crippen MR) is 117 cm³/mol. The number of nitrogens with zero attached hydrogens (tertiary/aromatic N) is 3. The Morgan fingerprint density at radius 1 is 1.03 bits per heavy atom. The molecule has 5 nitrogen and oxygen atoms in total. The number of hydrogen-bond donors (Lipinski definition) is 2. The molecule has 1 saturated carbocycles. The van der Waals surface area contributed by atoms with Crippen molar-refractivity contribution in [3.05, 3.63) is 59.7 Å². The van der Waals surface area contributed by atoms with Crippen molar-refractivity contribution in [1.82, 2.24) is 15.3 Å². The van der Waals surface area contributed by atoms with Crippen LogP contribution in [-0.4, -0.2) is 36.6 Å². The van der Waals surface area contributed by atoms with Gasteiger partial charge < -0.3 is 15.5 Å². The van der Waals surface area contributed by atoms with Gasteiger partial charge in [-0.2, -0.15) is 4.98 Å². The zero-order valence-corrected chi connectivity index (χ0v) is 17.3. The van der Waals surface area contributed by atoms with Gasteiger partial charge in [-0.1, -0.05) is 18.2 Å². The SMILES string of the molecule is CN(C)c1nc(NC[C@@H]2CC[C@H](NCc3ccc(F)c(F)c3)C2)nc2ccccc12. The molecule has 0 saturated heterocycles. The van der Waals surface area contributed by atoms with Gasteiger partial charge in [0, 0.05) is 38.6 Å². The van der Waals surface area contributed by atoms with Crippen LogP contribution in [0.1, 0.15) is 24.8 Å². The highest BCUT2D eigenvalue weighted by Gasteiger charge is 2.24. The van der Waals surface area contributed by atoms with Crippen LogP contribution in [0.15, 0.2) is 42.5 Å². The van der Waals surface area contributed by atoms with Crippen molar-refractivity contribution in [2.75, 3.05) is 30.9 Å². The molecule has 1 heterocycles. The Morgan fingerprint density at radius 2 is 1.87 bits per heavy atom. The molecular weight excluding hydrogens is 384 g/mol. The number of aromatic nitrogens is 2. The first kappa shape index (κ1) is 20.5. The van der Waals surface area contributed by atoms with Crippen molar-refractivity contribution in [3.63, 3.8) is 0 Å². The fourth-order valence-electron chi connectivity index (χ4n) is 4.07. The number of hydrogen-bond acceptors (Lipinski definition) is 5. The van der Waals surface area contributed by atoms with Crippen molar-refractivity contribution >= 4 is 22.7 Å². The lowest BCUT2D eigenvalue weighted by atomic mass is 10.1. The van der Waals surface area contributed by atoms with E-state index >= 15 is 0 Å². The van der Waals surface area contributed by atoms with E-state index in [0.29, 0.717) is 24.5 Å². The minimum absolute atomic E-state index is 0.375. The third kappa shape index (κ3) is 4.67. The number of anilines is 2. The van der Waals surface area contributed by atoms with E-state index < -0.39 is 11.6 Å². The Hall–Kier alpha value is -2.80. The predicted octanol–water partition coefficient (Wildman–Crippen LogP) is 4.34. The first-order valence-corrected chi connectivity index (χ1v) is 10.3. The molecule has 0 aliphatic heterocycles. The van der Waals surface area contributed by atoms with Crippen molar-refractivity contribution in [2.24, 2.45) is 5.92 Å². The average Bonchev–Trinajstić information content (AvgIpc) is 3.20. The second kappa shape index (κ2) is 8.92. The topological polar surface area (TPSA) is 53.1 Å². The van der Waals surface area contributed by atoms with E-state index in [2.05, 4.69) is 15.6 Å². The lowest BCUT2D eigenvalue weighted by Crippen LogP contribution is -2.26. The van der Waals surface area contributed by atoms with Crippen LogP contribution in [0.5, 0.6) is 0 Å². The molecule has 0 spiro atoms. The van der Waals surface area contributed by atoms with Gasteiger partial charge in [0.15, 0.2) is 11.6 Å². The summed E-state index contributed by atoms with van der Waals surface area (Å²) in [5.74, 6) is 0.468. The van der Waals surface area contributed by atoms with E-state index in [4.69, 9.17) is 4.98 Å². The van der Waals surface area contributed by atoms with E-state index in [1.807, 2.05) is 43.3 Å². The first-order valence-electron chi connectivity index (χ1n) is 10.3. The maximum Gasteiger partial charge on any atom is 0.225 e. The highest BCUT2D eigenvalue weighted by atomic mass is 19.2. The van der Waals surface area contributed by atoms with Crippen LogP contribution in [0, 0.1) is 17.6 Å². The van der Waals surface area contributed by atoms with Crippen molar-refractivity contribution < 1.29 is 8.78 Å². The molecule has 3 aromatic rings. The fraction of sp³-hybridized carbons (Fsp3) is 0.391. The molecule has 2 atom stereocenters. The third-order valence-electron chi connectivity index (χ3n) is 5.68. The highest BCUT2D eigenvalue weighted by Crippen LogP contribution is 2.27. The number of rotatable bonds is 7. The van der Waals surface area contributed by atoms with Gasteiger partial charge in [0.1, 0.15) is 5.82 Å². The van der Waals surface area contributed by atoms with Crippen LogP contribution >= 0.6 is 0 Å². The van der Waals surface area contributed by atoms with Gasteiger partial charge >= 0.3 is 0 Å². The average molecular weight is 412 g/mol. The van der Waals surface area contributed by atoms with Gasteiger partial charge in [-0.05, 0) is 55.0 Å². The van der Waals surface area contributed by atoms with Gasteiger partial charge in [-0.25, -0.2) is 13.8 Å². The quantitative estimate of drug-likeness (QED) is 0.606. The lowest BCUT2D eigenvalue weighted by Gasteiger charge is -2.17. The summed E-state index contributed by atoms with van der Waals surface area (Å²) in [6, 6.07) is 12.5. The molecule has 2 N–H and O–H groups in total. The van der Waals surface area contributed by atoms with Crippen molar-refractivity contribution in [1.29, 1.82) is 0 Å². The summed E-state index contributed by atoms with van der Waals surface area (Å²) in [6.45, 7) is 1.36. The molecule has 1 fully saturated rings. The van der Waals surface area contributed by atoms with Crippen LogP contribution in [0.25, 0.3) is 10.9 Å².